The van der Waals surface area contributed by atoms with Gasteiger partial charge in [-0.15, -0.1) is 0 Å². The minimum atomic E-state index is -0.419. The SMILES string of the molecule is O=C1CC(NCc2ccon2)C(=O)N1C1CCCCCC1. The predicted molar refractivity (Wildman–Crippen MR) is 75.1 cm³/mol. The Morgan fingerprint density at radius 2 is 2.00 bits per heavy atom. The molecule has 1 aromatic rings. The summed E-state index contributed by atoms with van der Waals surface area (Å²) in [6, 6.07) is 1.43. The Kier molecular flexibility index (Phi) is 4.34. The highest BCUT2D eigenvalue weighted by atomic mass is 16.5. The van der Waals surface area contributed by atoms with E-state index in [1.807, 2.05) is 0 Å². The number of rotatable bonds is 4. The van der Waals surface area contributed by atoms with E-state index in [1.54, 1.807) is 6.07 Å². The van der Waals surface area contributed by atoms with Gasteiger partial charge in [0.25, 0.3) is 0 Å². The molecule has 114 valence electrons. The van der Waals surface area contributed by atoms with Crippen LogP contribution >= 0.6 is 0 Å². The smallest absolute Gasteiger partial charge is 0.247 e. The van der Waals surface area contributed by atoms with E-state index in [9.17, 15) is 9.59 Å². The van der Waals surface area contributed by atoms with Crippen molar-refractivity contribution in [1.29, 1.82) is 0 Å². The van der Waals surface area contributed by atoms with Gasteiger partial charge in [0.15, 0.2) is 0 Å². The van der Waals surface area contributed by atoms with E-state index >= 15 is 0 Å². The van der Waals surface area contributed by atoms with Crippen LogP contribution in [0.2, 0.25) is 0 Å². The van der Waals surface area contributed by atoms with Crippen LogP contribution in [0.3, 0.4) is 0 Å². The van der Waals surface area contributed by atoms with Crippen molar-refractivity contribution in [1.82, 2.24) is 15.4 Å². The van der Waals surface area contributed by atoms with Crippen molar-refractivity contribution in [2.24, 2.45) is 0 Å². The van der Waals surface area contributed by atoms with Crippen LogP contribution in [0.25, 0.3) is 0 Å². The van der Waals surface area contributed by atoms with Crippen LogP contribution in [-0.2, 0) is 16.1 Å². The first kappa shape index (κ1) is 14.3. The Labute approximate surface area is 123 Å². The zero-order valence-electron chi connectivity index (χ0n) is 12.1. The average Bonchev–Trinajstić information content (AvgIpc) is 2.98. The summed E-state index contributed by atoms with van der Waals surface area (Å²) in [7, 11) is 0. The first-order valence-electron chi connectivity index (χ1n) is 7.74. The third-order valence-electron chi connectivity index (χ3n) is 4.39. The molecule has 0 radical (unpaired) electrons. The minimum absolute atomic E-state index is 0.0375. The molecule has 1 aliphatic heterocycles. The van der Waals surface area contributed by atoms with Gasteiger partial charge in [0.1, 0.15) is 6.26 Å². The molecule has 0 bridgehead atoms. The molecule has 6 heteroatoms. The number of imide groups is 1. The fraction of sp³-hybridized carbons (Fsp3) is 0.667. The number of hydrogen-bond acceptors (Lipinski definition) is 5. The molecule has 6 nitrogen and oxygen atoms in total. The molecule has 1 N–H and O–H groups in total. The van der Waals surface area contributed by atoms with E-state index in [4.69, 9.17) is 4.52 Å². The minimum Gasteiger partial charge on any atom is -0.364 e. The molecule has 1 atom stereocenters. The quantitative estimate of drug-likeness (QED) is 0.674. The van der Waals surface area contributed by atoms with Crippen LogP contribution < -0.4 is 5.32 Å². The maximum atomic E-state index is 12.5. The molecule has 0 spiro atoms. The van der Waals surface area contributed by atoms with E-state index in [0.717, 1.165) is 31.4 Å². The van der Waals surface area contributed by atoms with Crippen molar-refractivity contribution in [3.63, 3.8) is 0 Å². The molecule has 2 heterocycles. The second-order valence-corrected chi connectivity index (χ2v) is 5.88. The maximum absolute atomic E-state index is 12.5. The largest absolute Gasteiger partial charge is 0.364 e. The number of aromatic nitrogens is 1. The zero-order chi connectivity index (χ0) is 14.7. The molecule has 1 unspecified atom stereocenters. The van der Waals surface area contributed by atoms with Gasteiger partial charge in [-0.05, 0) is 12.8 Å². The molecule has 0 aromatic carbocycles. The lowest BCUT2D eigenvalue weighted by atomic mass is 10.1. The van der Waals surface area contributed by atoms with Gasteiger partial charge in [-0.3, -0.25) is 19.8 Å². The van der Waals surface area contributed by atoms with E-state index in [1.165, 1.54) is 24.0 Å². The number of hydrogen-bond donors (Lipinski definition) is 1. The summed E-state index contributed by atoms with van der Waals surface area (Å²) < 4.78 is 4.76. The fourth-order valence-corrected chi connectivity index (χ4v) is 3.27. The fourth-order valence-electron chi connectivity index (χ4n) is 3.27. The maximum Gasteiger partial charge on any atom is 0.247 e. The molecule has 2 fully saturated rings. The monoisotopic (exact) mass is 291 g/mol. The summed E-state index contributed by atoms with van der Waals surface area (Å²) in [5, 5.41) is 6.91. The number of amides is 2. The van der Waals surface area contributed by atoms with Crippen LogP contribution in [-0.4, -0.2) is 34.0 Å². The second kappa shape index (κ2) is 6.39. The van der Waals surface area contributed by atoms with Crippen LogP contribution in [0.4, 0.5) is 0 Å². The van der Waals surface area contributed by atoms with Gasteiger partial charge < -0.3 is 4.52 Å². The predicted octanol–water partition coefficient (Wildman–Crippen LogP) is 1.61. The summed E-state index contributed by atoms with van der Waals surface area (Å²) in [5.74, 6) is -0.111. The highest BCUT2D eigenvalue weighted by Crippen LogP contribution is 2.26. The van der Waals surface area contributed by atoms with E-state index in [-0.39, 0.29) is 24.3 Å². The standard InChI is InChI=1S/C15H21N3O3/c19-14-9-13(16-10-11-7-8-21-17-11)15(20)18(14)12-5-3-1-2-4-6-12/h7-8,12-13,16H,1-6,9-10H2. The number of likely N-dealkylation sites (tertiary alicyclic amines) is 1. The van der Waals surface area contributed by atoms with E-state index in [0.29, 0.717) is 6.54 Å². The molecule has 21 heavy (non-hydrogen) atoms. The lowest BCUT2D eigenvalue weighted by molar-refractivity contribution is -0.141. The van der Waals surface area contributed by atoms with E-state index in [2.05, 4.69) is 10.5 Å². The summed E-state index contributed by atoms with van der Waals surface area (Å²) in [6.45, 7) is 0.443. The van der Waals surface area contributed by atoms with Crippen molar-refractivity contribution in [3.8, 4) is 0 Å². The Balaban J connectivity index is 1.61. The number of carbonyl (C=O) groups excluding carboxylic acids is 2. The average molecular weight is 291 g/mol. The van der Waals surface area contributed by atoms with Crippen LogP contribution in [0, 0.1) is 0 Å². The van der Waals surface area contributed by atoms with Crippen molar-refractivity contribution in [2.75, 3.05) is 0 Å². The van der Waals surface area contributed by atoms with Crippen LogP contribution in [0.1, 0.15) is 50.6 Å². The molecule has 1 saturated heterocycles. The van der Waals surface area contributed by atoms with Gasteiger partial charge in [-0.2, -0.15) is 0 Å². The van der Waals surface area contributed by atoms with Crippen molar-refractivity contribution in [2.45, 2.75) is 63.6 Å². The number of nitrogens with zero attached hydrogens (tertiary/aromatic N) is 2. The third kappa shape index (κ3) is 3.15. The molecule has 1 aliphatic carbocycles. The second-order valence-electron chi connectivity index (χ2n) is 5.88. The number of carbonyl (C=O) groups is 2. The Morgan fingerprint density at radius 3 is 2.67 bits per heavy atom. The van der Waals surface area contributed by atoms with Gasteiger partial charge in [-0.1, -0.05) is 30.8 Å². The zero-order valence-corrected chi connectivity index (χ0v) is 12.1. The van der Waals surface area contributed by atoms with Gasteiger partial charge in [0.2, 0.25) is 11.8 Å². The molecular weight excluding hydrogens is 270 g/mol. The topological polar surface area (TPSA) is 75.4 Å². The highest BCUT2D eigenvalue weighted by molar-refractivity contribution is 6.05. The Morgan fingerprint density at radius 1 is 1.24 bits per heavy atom. The van der Waals surface area contributed by atoms with Crippen LogP contribution in [0.5, 0.6) is 0 Å². The molecule has 1 saturated carbocycles. The Bertz CT molecular complexity index is 492. The first-order chi connectivity index (χ1) is 10.3. The van der Waals surface area contributed by atoms with E-state index < -0.39 is 6.04 Å². The summed E-state index contributed by atoms with van der Waals surface area (Å²) in [6.07, 6.45) is 8.29. The third-order valence-corrected chi connectivity index (χ3v) is 4.39. The van der Waals surface area contributed by atoms with Gasteiger partial charge in [0.05, 0.1) is 18.2 Å². The highest BCUT2D eigenvalue weighted by Gasteiger charge is 2.41. The van der Waals surface area contributed by atoms with Gasteiger partial charge in [0, 0.05) is 18.7 Å². The Hall–Kier alpha value is -1.69. The normalized spacial score (nSPS) is 24.6. The van der Waals surface area contributed by atoms with Crippen molar-refractivity contribution >= 4 is 11.8 Å². The van der Waals surface area contributed by atoms with Gasteiger partial charge in [-0.25, -0.2) is 0 Å². The summed E-state index contributed by atoms with van der Waals surface area (Å²) in [5.41, 5.74) is 0.739. The summed E-state index contributed by atoms with van der Waals surface area (Å²) in [4.78, 5) is 26.2. The van der Waals surface area contributed by atoms with Crippen molar-refractivity contribution in [3.05, 3.63) is 18.0 Å². The molecule has 2 amide bonds. The lowest BCUT2D eigenvalue weighted by Crippen LogP contribution is -2.43. The number of nitrogens with one attached hydrogen (secondary N) is 1. The summed E-state index contributed by atoms with van der Waals surface area (Å²) >= 11 is 0. The van der Waals surface area contributed by atoms with Crippen molar-refractivity contribution < 1.29 is 14.1 Å². The molecule has 3 rings (SSSR count). The molecule has 1 aromatic heterocycles. The van der Waals surface area contributed by atoms with Gasteiger partial charge >= 0.3 is 0 Å². The first-order valence-corrected chi connectivity index (χ1v) is 7.74. The lowest BCUT2D eigenvalue weighted by Gasteiger charge is -2.25. The van der Waals surface area contributed by atoms with Crippen LogP contribution in [0.15, 0.2) is 16.9 Å². The molecule has 2 aliphatic rings. The molecular formula is C15H21N3O3.